The fourth-order valence-electron chi connectivity index (χ4n) is 2.40. The number of hydrogen-bond donors (Lipinski definition) is 1. The van der Waals surface area contributed by atoms with Gasteiger partial charge in [-0.15, -0.1) is 0 Å². The van der Waals surface area contributed by atoms with Crippen molar-refractivity contribution >= 4 is 11.9 Å². The highest BCUT2D eigenvalue weighted by molar-refractivity contribution is 5.85. The van der Waals surface area contributed by atoms with E-state index >= 15 is 0 Å². The van der Waals surface area contributed by atoms with E-state index in [2.05, 4.69) is 0 Å². The molecule has 1 aliphatic carbocycles. The SMILES string of the molecule is CCOC(=O)CC(O)CN1C(=O)C2C=CC1C2. The van der Waals surface area contributed by atoms with Crippen molar-refractivity contribution in [1.29, 1.82) is 0 Å². The van der Waals surface area contributed by atoms with Crippen molar-refractivity contribution in [1.82, 2.24) is 4.90 Å². The van der Waals surface area contributed by atoms with E-state index in [4.69, 9.17) is 4.74 Å². The second-order valence-corrected chi connectivity index (χ2v) is 4.45. The van der Waals surface area contributed by atoms with Crippen molar-refractivity contribution in [2.75, 3.05) is 13.2 Å². The summed E-state index contributed by atoms with van der Waals surface area (Å²) in [4.78, 5) is 24.6. The van der Waals surface area contributed by atoms with Crippen molar-refractivity contribution < 1.29 is 19.4 Å². The molecule has 1 heterocycles. The standard InChI is InChI=1S/C12H17NO4/c1-2-17-11(15)6-10(14)7-13-9-4-3-8(5-9)12(13)16/h3-4,8-10,14H,2,5-7H2,1H3. The van der Waals surface area contributed by atoms with Crippen LogP contribution in [0.25, 0.3) is 0 Å². The van der Waals surface area contributed by atoms with Crippen molar-refractivity contribution in [2.24, 2.45) is 5.92 Å². The number of likely N-dealkylation sites (tertiary alicyclic amines) is 1. The van der Waals surface area contributed by atoms with Gasteiger partial charge in [0.15, 0.2) is 0 Å². The molecule has 3 unspecified atom stereocenters. The molecule has 0 radical (unpaired) electrons. The number of ether oxygens (including phenoxy) is 1. The topological polar surface area (TPSA) is 66.8 Å². The summed E-state index contributed by atoms with van der Waals surface area (Å²) in [5, 5.41) is 9.73. The Morgan fingerprint density at radius 1 is 1.65 bits per heavy atom. The van der Waals surface area contributed by atoms with Crippen LogP contribution in [0.15, 0.2) is 12.2 Å². The second-order valence-electron chi connectivity index (χ2n) is 4.45. The van der Waals surface area contributed by atoms with Crippen LogP contribution in [-0.2, 0) is 14.3 Å². The van der Waals surface area contributed by atoms with Crippen molar-refractivity contribution in [3.8, 4) is 0 Å². The van der Waals surface area contributed by atoms with E-state index in [1.165, 1.54) is 0 Å². The third kappa shape index (κ3) is 2.49. The van der Waals surface area contributed by atoms with Gasteiger partial charge in [0.2, 0.25) is 5.91 Å². The Kier molecular flexibility index (Phi) is 3.47. The van der Waals surface area contributed by atoms with Crippen molar-refractivity contribution in [2.45, 2.75) is 31.9 Å². The number of β-amino-alcohol motifs (C(OH)–C–C–N with tert-alkyl or cyclic N) is 1. The predicted molar refractivity (Wildman–Crippen MR) is 60.0 cm³/mol. The summed E-state index contributed by atoms with van der Waals surface area (Å²) in [7, 11) is 0. The summed E-state index contributed by atoms with van der Waals surface area (Å²) in [5.41, 5.74) is 0. The Morgan fingerprint density at radius 2 is 2.41 bits per heavy atom. The summed E-state index contributed by atoms with van der Waals surface area (Å²) < 4.78 is 4.75. The average Bonchev–Trinajstić information content (AvgIpc) is 2.82. The molecular formula is C12H17NO4. The number of esters is 1. The maximum atomic E-state index is 11.8. The van der Waals surface area contributed by atoms with E-state index in [9.17, 15) is 14.7 Å². The van der Waals surface area contributed by atoms with Gasteiger partial charge in [-0.3, -0.25) is 9.59 Å². The zero-order valence-electron chi connectivity index (χ0n) is 9.83. The van der Waals surface area contributed by atoms with Gasteiger partial charge in [-0.2, -0.15) is 0 Å². The molecule has 17 heavy (non-hydrogen) atoms. The van der Waals surface area contributed by atoms with Crippen LogP contribution in [0.5, 0.6) is 0 Å². The number of carbonyl (C=O) groups excluding carboxylic acids is 2. The Hall–Kier alpha value is -1.36. The molecule has 0 aromatic heterocycles. The molecule has 5 nitrogen and oxygen atoms in total. The van der Waals surface area contributed by atoms with Crippen LogP contribution in [0.1, 0.15) is 19.8 Å². The van der Waals surface area contributed by atoms with Crippen LogP contribution in [0.4, 0.5) is 0 Å². The van der Waals surface area contributed by atoms with Crippen LogP contribution < -0.4 is 0 Å². The number of nitrogens with zero attached hydrogens (tertiary/aromatic N) is 1. The minimum atomic E-state index is -0.842. The Bertz CT molecular complexity index is 352. The molecule has 2 aliphatic rings. The zero-order valence-corrected chi connectivity index (χ0v) is 9.83. The van der Waals surface area contributed by atoms with Gasteiger partial charge in [0.1, 0.15) is 0 Å². The van der Waals surface area contributed by atoms with E-state index in [0.29, 0.717) is 6.61 Å². The van der Waals surface area contributed by atoms with Gasteiger partial charge < -0.3 is 14.7 Å². The van der Waals surface area contributed by atoms with Gasteiger partial charge >= 0.3 is 5.97 Å². The fourth-order valence-corrected chi connectivity index (χ4v) is 2.40. The maximum Gasteiger partial charge on any atom is 0.308 e. The van der Waals surface area contributed by atoms with E-state index in [1.54, 1.807) is 11.8 Å². The highest BCUT2D eigenvalue weighted by atomic mass is 16.5. The third-order valence-corrected chi connectivity index (χ3v) is 3.18. The van der Waals surface area contributed by atoms with E-state index < -0.39 is 12.1 Å². The molecular weight excluding hydrogens is 222 g/mol. The number of hydrogen-bond acceptors (Lipinski definition) is 4. The largest absolute Gasteiger partial charge is 0.466 e. The van der Waals surface area contributed by atoms with Gasteiger partial charge in [-0.1, -0.05) is 12.2 Å². The number of amides is 1. The molecule has 1 aliphatic heterocycles. The minimum absolute atomic E-state index is 0.0187. The Balaban J connectivity index is 1.83. The molecule has 0 aromatic carbocycles. The normalized spacial score (nSPS) is 27.6. The van der Waals surface area contributed by atoms with Crippen LogP contribution in [-0.4, -0.2) is 47.2 Å². The average molecular weight is 239 g/mol. The lowest BCUT2D eigenvalue weighted by Gasteiger charge is -2.26. The molecule has 0 aromatic rings. The number of rotatable bonds is 5. The van der Waals surface area contributed by atoms with Crippen LogP contribution in [0.3, 0.4) is 0 Å². The van der Waals surface area contributed by atoms with E-state index in [-0.39, 0.29) is 30.8 Å². The molecule has 5 heteroatoms. The lowest BCUT2D eigenvalue weighted by atomic mass is 10.1. The molecule has 0 saturated carbocycles. The molecule has 0 spiro atoms. The lowest BCUT2D eigenvalue weighted by molar-refractivity contribution is -0.146. The second kappa shape index (κ2) is 4.87. The first-order chi connectivity index (χ1) is 8.11. The molecule has 3 atom stereocenters. The van der Waals surface area contributed by atoms with Gasteiger partial charge in [0.05, 0.1) is 31.1 Å². The third-order valence-electron chi connectivity index (χ3n) is 3.18. The molecule has 1 saturated heterocycles. The van der Waals surface area contributed by atoms with Crippen LogP contribution in [0.2, 0.25) is 0 Å². The summed E-state index contributed by atoms with van der Waals surface area (Å²) in [6.07, 6.45) is 3.82. The van der Waals surface area contributed by atoms with Gasteiger partial charge in [0, 0.05) is 6.54 Å². The Morgan fingerprint density at radius 3 is 3.00 bits per heavy atom. The lowest BCUT2D eigenvalue weighted by Crippen LogP contribution is -2.41. The van der Waals surface area contributed by atoms with E-state index in [0.717, 1.165) is 6.42 Å². The molecule has 1 amide bonds. The first kappa shape index (κ1) is 12.1. The summed E-state index contributed by atoms with van der Waals surface area (Å²) in [6, 6.07) is 0.101. The van der Waals surface area contributed by atoms with Gasteiger partial charge in [-0.25, -0.2) is 0 Å². The summed E-state index contributed by atoms with van der Waals surface area (Å²) in [6.45, 7) is 2.24. The summed E-state index contributed by atoms with van der Waals surface area (Å²) in [5.74, 6) is -0.387. The molecule has 1 N–H and O–H groups in total. The minimum Gasteiger partial charge on any atom is -0.466 e. The Labute approximate surface area is 100 Å². The smallest absolute Gasteiger partial charge is 0.308 e. The summed E-state index contributed by atoms with van der Waals surface area (Å²) >= 11 is 0. The van der Waals surface area contributed by atoms with Crippen molar-refractivity contribution in [3.05, 3.63) is 12.2 Å². The zero-order chi connectivity index (χ0) is 12.4. The predicted octanol–water partition coefficient (Wildman–Crippen LogP) is 0.0874. The van der Waals surface area contributed by atoms with Crippen LogP contribution in [0, 0.1) is 5.92 Å². The van der Waals surface area contributed by atoms with Gasteiger partial charge in [0.25, 0.3) is 0 Å². The molecule has 2 rings (SSSR count). The van der Waals surface area contributed by atoms with Gasteiger partial charge in [-0.05, 0) is 13.3 Å². The number of aliphatic hydroxyl groups excluding tert-OH is 1. The number of carbonyl (C=O) groups is 2. The highest BCUT2D eigenvalue weighted by Crippen LogP contribution is 2.32. The van der Waals surface area contributed by atoms with Crippen molar-refractivity contribution in [3.63, 3.8) is 0 Å². The molecule has 1 fully saturated rings. The number of aliphatic hydroxyl groups is 1. The fraction of sp³-hybridized carbons (Fsp3) is 0.667. The molecule has 94 valence electrons. The first-order valence-electron chi connectivity index (χ1n) is 5.94. The molecule has 2 bridgehead atoms. The highest BCUT2D eigenvalue weighted by Gasteiger charge is 2.41. The monoisotopic (exact) mass is 239 g/mol. The maximum absolute atomic E-state index is 11.8. The van der Waals surface area contributed by atoms with Crippen LogP contribution >= 0.6 is 0 Å². The first-order valence-corrected chi connectivity index (χ1v) is 5.94. The quantitative estimate of drug-likeness (QED) is 0.545. The van der Waals surface area contributed by atoms with E-state index in [1.807, 2.05) is 12.2 Å². The number of fused-ring (bicyclic) bond motifs is 2.